The van der Waals surface area contributed by atoms with Gasteiger partial charge in [-0.3, -0.25) is 9.59 Å². The highest BCUT2D eigenvalue weighted by Gasteiger charge is 2.36. The standard InChI is InChI=1S/C29H41N3O5/c1-7-8-12-18-32(27(35)23(19-33)30-28(36)37-29(4,5)6)25(22-16-10-9-11-17-22)26(34)31-24-20(2)14-13-15-21(24)3/h9-11,13-17,23,25,33H,7-8,12,18-19H2,1-6H3,(H,30,36)(H,31,34). The highest BCUT2D eigenvalue weighted by atomic mass is 16.6. The SMILES string of the molecule is CCCCCN(C(=O)C(CO)NC(=O)OC(C)(C)C)C(C(=O)Nc1c(C)cccc1C)c1ccccc1. The van der Waals surface area contributed by atoms with Crippen molar-refractivity contribution in [3.63, 3.8) is 0 Å². The van der Waals surface area contributed by atoms with E-state index in [1.807, 2.05) is 50.2 Å². The number of carbonyl (C=O) groups excluding carboxylic acids is 3. The van der Waals surface area contributed by atoms with Crippen molar-refractivity contribution in [1.82, 2.24) is 10.2 Å². The van der Waals surface area contributed by atoms with Crippen LogP contribution in [0.15, 0.2) is 48.5 Å². The van der Waals surface area contributed by atoms with Crippen molar-refractivity contribution < 1.29 is 24.2 Å². The molecular formula is C29H41N3O5. The number of amides is 3. The Balaban J connectivity index is 2.47. The van der Waals surface area contributed by atoms with Gasteiger partial charge in [0.1, 0.15) is 17.7 Å². The molecule has 0 aliphatic heterocycles. The predicted molar refractivity (Wildman–Crippen MR) is 145 cm³/mol. The Hall–Kier alpha value is -3.39. The van der Waals surface area contributed by atoms with Gasteiger partial charge in [0, 0.05) is 12.2 Å². The van der Waals surface area contributed by atoms with Crippen molar-refractivity contribution in [3.8, 4) is 0 Å². The molecule has 8 heteroatoms. The fraction of sp³-hybridized carbons (Fsp3) is 0.483. The molecule has 2 aromatic carbocycles. The number of alkyl carbamates (subject to hydrolysis) is 1. The minimum Gasteiger partial charge on any atom is -0.444 e. The van der Waals surface area contributed by atoms with E-state index in [2.05, 4.69) is 17.6 Å². The predicted octanol–water partition coefficient (Wildman–Crippen LogP) is 4.89. The van der Waals surface area contributed by atoms with E-state index in [0.29, 0.717) is 17.7 Å². The molecular weight excluding hydrogens is 470 g/mol. The summed E-state index contributed by atoms with van der Waals surface area (Å²) in [6.07, 6.45) is 1.62. The van der Waals surface area contributed by atoms with Crippen LogP contribution in [0.1, 0.15) is 69.7 Å². The fourth-order valence-electron chi connectivity index (χ4n) is 4.05. The number of aliphatic hydroxyl groups excluding tert-OH is 1. The number of hydrogen-bond donors (Lipinski definition) is 3. The van der Waals surface area contributed by atoms with E-state index in [-0.39, 0.29) is 12.5 Å². The van der Waals surface area contributed by atoms with Crippen LogP contribution in [0.5, 0.6) is 0 Å². The van der Waals surface area contributed by atoms with Gasteiger partial charge in [-0.1, -0.05) is 68.3 Å². The first-order valence-corrected chi connectivity index (χ1v) is 12.8. The van der Waals surface area contributed by atoms with Gasteiger partial charge in [0.15, 0.2) is 0 Å². The molecule has 3 N–H and O–H groups in total. The Labute approximate surface area is 220 Å². The number of ether oxygens (including phenoxy) is 1. The first-order valence-electron chi connectivity index (χ1n) is 12.8. The lowest BCUT2D eigenvalue weighted by molar-refractivity contribution is -0.141. The molecule has 0 spiro atoms. The van der Waals surface area contributed by atoms with Crippen LogP contribution in [0.3, 0.4) is 0 Å². The number of aliphatic hydroxyl groups is 1. The van der Waals surface area contributed by atoms with E-state index < -0.39 is 36.3 Å². The lowest BCUT2D eigenvalue weighted by Crippen LogP contribution is -2.54. The van der Waals surface area contributed by atoms with Gasteiger partial charge in [0.2, 0.25) is 5.91 Å². The first-order chi connectivity index (χ1) is 17.5. The molecule has 0 fully saturated rings. The largest absolute Gasteiger partial charge is 0.444 e. The van der Waals surface area contributed by atoms with Crippen molar-refractivity contribution in [1.29, 1.82) is 0 Å². The lowest BCUT2D eigenvalue weighted by Gasteiger charge is -2.34. The smallest absolute Gasteiger partial charge is 0.408 e. The summed E-state index contributed by atoms with van der Waals surface area (Å²) in [6, 6.07) is 12.6. The van der Waals surface area contributed by atoms with E-state index in [0.717, 1.165) is 24.0 Å². The molecule has 0 saturated carbocycles. The maximum absolute atomic E-state index is 13.8. The normalized spacial score (nSPS) is 12.8. The Bertz CT molecular complexity index is 1030. The molecule has 0 heterocycles. The highest BCUT2D eigenvalue weighted by molar-refractivity contribution is 5.99. The summed E-state index contributed by atoms with van der Waals surface area (Å²) in [5.41, 5.74) is 2.36. The zero-order chi connectivity index (χ0) is 27.6. The molecule has 202 valence electrons. The van der Waals surface area contributed by atoms with Crippen molar-refractivity contribution in [2.45, 2.75) is 78.5 Å². The number of anilines is 1. The minimum atomic E-state index is -1.27. The molecule has 2 aromatic rings. The van der Waals surface area contributed by atoms with Crippen LogP contribution in [0.25, 0.3) is 0 Å². The number of aryl methyl sites for hydroxylation is 2. The van der Waals surface area contributed by atoms with E-state index >= 15 is 0 Å². The molecule has 37 heavy (non-hydrogen) atoms. The van der Waals surface area contributed by atoms with Crippen LogP contribution in [0.2, 0.25) is 0 Å². The summed E-state index contributed by atoms with van der Waals surface area (Å²) in [6.45, 7) is 10.7. The van der Waals surface area contributed by atoms with Gasteiger partial charge in [-0.25, -0.2) is 4.79 Å². The van der Waals surface area contributed by atoms with Gasteiger partial charge < -0.3 is 25.4 Å². The molecule has 0 aliphatic carbocycles. The van der Waals surface area contributed by atoms with Gasteiger partial charge >= 0.3 is 6.09 Å². The highest BCUT2D eigenvalue weighted by Crippen LogP contribution is 2.27. The molecule has 0 aliphatic rings. The van der Waals surface area contributed by atoms with Crippen molar-refractivity contribution in [3.05, 3.63) is 65.2 Å². The number of nitrogens with zero attached hydrogens (tertiary/aromatic N) is 1. The molecule has 2 unspecified atom stereocenters. The van der Waals surface area contributed by atoms with E-state index in [1.165, 1.54) is 4.90 Å². The van der Waals surface area contributed by atoms with Crippen LogP contribution in [0, 0.1) is 13.8 Å². The average Bonchev–Trinajstić information content (AvgIpc) is 2.83. The molecule has 0 aromatic heterocycles. The van der Waals surface area contributed by atoms with Gasteiger partial charge in [0.25, 0.3) is 5.91 Å². The fourth-order valence-corrected chi connectivity index (χ4v) is 4.05. The van der Waals surface area contributed by atoms with Crippen LogP contribution < -0.4 is 10.6 Å². The summed E-state index contributed by atoms with van der Waals surface area (Å²) in [5.74, 6) is -0.933. The van der Waals surface area contributed by atoms with Crippen LogP contribution in [-0.4, -0.2) is 52.7 Å². The van der Waals surface area contributed by atoms with Crippen LogP contribution in [0.4, 0.5) is 10.5 Å². The number of carbonyl (C=O) groups is 3. The Morgan fingerprint density at radius 2 is 1.59 bits per heavy atom. The van der Waals surface area contributed by atoms with Crippen LogP contribution in [-0.2, 0) is 14.3 Å². The quantitative estimate of drug-likeness (QED) is 0.373. The summed E-state index contributed by atoms with van der Waals surface area (Å²) in [7, 11) is 0. The third kappa shape index (κ3) is 8.89. The Morgan fingerprint density at radius 3 is 2.14 bits per heavy atom. The van der Waals surface area contributed by atoms with E-state index in [1.54, 1.807) is 32.9 Å². The number of unbranched alkanes of at least 4 members (excludes halogenated alkanes) is 2. The molecule has 0 bridgehead atoms. The lowest BCUT2D eigenvalue weighted by atomic mass is 10.0. The summed E-state index contributed by atoms with van der Waals surface area (Å²) >= 11 is 0. The third-order valence-electron chi connectivity index (χ3n) is 5.86. The zero-order valence-electron chi connectivity index (χ0n) is 22.8. The van der Waals surface area contributed by atoms with Crippen molar-refractivity contribution >= 4 is 23.6 Å². The summed E-state index contributed by atoms with van der Waals surface area (Å²) in [4.78, 5) is 41.5. The zero-order valence-corrected chi connectivity index (χ0v) is 22.8. The van der Waals surface area contributed by atoms with E-state index in [9.17, 15) is 19.5 Å². The number of benzene rings is 2. The van der Waals surface area contributed by atoms with Crippen molar-refractivity contribution in [2.75, 3.05) is 18.5 Å². The number of hydrogen-bond acceptors (Lipinski definition) is 5. The number of nitrogens with one attached hydrogen (secondary N) is 2. The number of rotatable bonds is 11. The second-order valence-corrected chi connectivity index (χ2v) is 10.2. The van der Waals surface area contributed by atoms with Crippen molar-refractivity contribution in [2.24, 2.45) is 0 Å². The average molecular weight is 512 g/mol. The summed E-state index contributed by atoms with van der Waals surface area (Å²) < 4.78 is 5.29. The Kier molecular flexibility index (Phi) is 11.1. The van der Waals surface area contributed by atoms with Gasteiger partial charge in [0.05, 0.1) is 6.61 Å². The van der Waals surface area contributed by atoms with Gasteiger partial charge in [-0.15, -0.1) is 0 Å². The maximum Gasteiger partial charge on any atom is 0.408 e. The van der Waals surface area contributed by atoms with Crippen LogP contribution >= 0.6 is 0 Å². The second-order valence-electron chi connectivity index (χ2n) is 10.2. The second kappa shape index (κ2) is 13.8. The molecule has 0 saturated heterocycles. The van der Waals surface area contributed by atoms with Gasteiger partial charge in [-0.2, -0.15) is 0 Å². The third-order valence-corrected chi connectivity index (χ3v) is 5.86. The first kappa shape index (κ1) is 29.8. The monoisotopic (exact) mass is 511 g/mol. The molecule has 3 amide bonds. The Morgan fingerprint density at radius 1 is 0.973 bits per heavy atom. The van der Waals surface area contributed by atoms with E-state index in [4.69, 9.17) is 4.74 Å². The summed E-state index contributed by atoms with van der Waals surface area (Å²) in [5, 5.41) is 15.5. The molecule has 2 rings (SSSR count). The molecule has 8 nitrogen and oxygen atoms in total. The molecule has 2 atom stereocenters. The minimum absolute atomic E-state index is 0.277. The molecule has 0 radical (unpaired) electrons. The van der Waals surface area contributed by atoms with Gasteiger partial charge in [-0.05, 0) is 57.7 Å². The number of para-hydroxylation sites is 1. The topological polar surface area (TPSA) is 108 Å². The maximum atomic E-state index is 13.8.